The van der Waals surface area contributed by atoms with Crippen molar-refractivity contribution in [1.29, 1.82) is 0 Å². The number of nitrogens with zero attached hydrogens (tertiary/aromatic N) is 1. The molecule has 3 rings (SSSR count). The Morgan fingerprint density at radius 3 is 2.45 bits per heavy atom. The van der Waals surface area contributed by atoms with Gasteiger partial charge in [0.1, 0.15) is 11.4 Å². The molecule has 0 spiro atoms. The molecule has 2 aliphatic rings. The Morgan fingerprint density at radius 2 is 1.88 bits per heavy atom. The van der Waals surface area contributed by atoms with E-state index < -0.39 is 5.60 Å². The van der Waals surface area contributed by atoms with Crippen molar-refractivity contribution in [1.82, 2.24) is 10.2 Å². The average Bonchev–Trinajstić information content (AvgIpc) is 3.48. The van der Waals surface area contributed by atoms with Crippen molar-refractivity contribution in [3.05, 3.63) is 29.3 Å². The Kier molecular flexibility index (Phi) is 8.03. The quantitative estimate of drug-likeness (QED) is 0.446. The highest BCUT2D eigenvalue weighted by atomic mass is 16.6. The van der Waals surface area contributed by atoms with Gasteiger partial charge in [0.15, 0.2) is 0 Å². The fourth-order valence-corrected chi connectivity index (χ4v) is 5.27. The third-order valence-electron chi connectivity index (χ3n) is 7.34. The molecule has 1 heterocycles. The van der Waals surface area contributed by atoms with Gasteiger partial charge in [0.25, 0.3) is 0 Å². The first-order valence-corrected chi connectivity index (χ1v) is 13.0. The summed E-state index contributed by atoms with van der Waals surface area (Å²) in [6.07, 6.45) is 6.31. The van der Waals surface area contributed by atoms with Crippen molar-refractivity contribution in [2.45, 2.75) is 104 Å². The minimum absolute atomic E-state index is 0.0649. The van der Waals surface area contributed by atoms with Gasteiger partial charge in [-0.05, 0) is 100 Å². The predicted molar refractivity (Wildman–Crippen MR) is 134 cm³/mol. The second-order valence-corrected chi connectivity index (χ2v) is 12.1. The van der Waals surface area contributed by atoms with E-state index in [4.69, 9.17) is 4.74 Å². The first kappa shape index (κ1) is 25.9. The maximum Gasteiger partial charge on any atom is 0.410 e. The van der Waals surface area contributed by atoms with Crippen LogP contribution in [0.2, 0.25) is 0 Å². The summed E-state index contributed by atoms with van der Waals surface area (Å²) in [5.74, 6) is 2.43. The topological polar surface area (TPSA) is 61.8 Å². The molecule has 0 bridgehead atoms. The van der Waals surface area contributed by atoms with Crippen LogP contribution in [0.1, 0.15) is 97.7 Å². The van der Waals surface area contributed by atoms with Gasteiger partial charge in [0.2, 0.25) is 0 Å². The van der Waals surface area contributed by atoms with Crippen LogP contribution in [-0.4, -0.2) is 40.3 Å². The van der Waals surface area contributed by atoms with Gasteiger partial charge in [-0.3, -0.25) is 4.90 Å². The molecule has 2 N–H and O–H groups in total. The minimum Gasteiger partial charge on any atom is -0.508 e. The van der Waals surface area contributed by atoms with E-state index in [1.54, 1.807) is 6.07 Å². The molecule has 2 unspecified atom stereocenters. The summed E-state index contributed by atoms with van der Waals surface area (Å²) in [6.45, 7) is 16.6. The van der Waals surface area contributed by atoms with E-state index in [2.05, 4.69) is 33.0 Å². The number of carbonyl (C=O) groups excluding carboxylic acids is 1. The van der Waals surface area contributed by atoms with E-state index in [-0.39, 0.29) is 17.7 Å². The van der Waals surface area contributed by atoms with Gasteiger partial charge >= 0.3 is 6.09 Å². The standard InChI is InChI=1S/C28H46N2O3/c1-19(2)8-9-21(20(3)4)12-16-29-28(14-15-28)25-24-11-10-23(31)18-22(24)13-17-30(25)26(32)33-27(5,6)7/h10-11,18-21,25,29,31H,8-9,12-17H2,1-7H3. The van der Waals surface area contributed by atoms with Crippen LogP contribution < -0.4 is 5.32 Å². The number of hydrogen-bond donors (Lipinski definition) is 2. The number of ether oxygens (including phenoxy) is 1. The van der Waals surface area contributed by atoms with Gasteiger partial charge in [0, 0.05) is 12.1 Å². The Bertz CT molecular complexity index is 808. The van der Waals surface area contributed by atoms with Crippen molar-refractivity contribution < 1.29 is 14.6 Å². The number of rotatable bonds is 9. The summed E-state index contributed by atoms with van der Waals surface area (Å²) in [4.78, 5) is 15.2. The maximum absolute atomic E-state index is 13.2. The van der Waals surface area contributed by atoms with Crippen LogP contribution in [0.4, 0.5) is 4.79 Å². The fraction of sp³-hybridized carbons (Fsp3) is 0.750. The van der Waals surface area contributed by atoms with Crippen LogP contribution in [-0.2, 0) is 11.2 Å². The predicted octanol–water partition coefficient (Wildman–Crippen LogP) is 6.45. The minimum atomic E-state index is -0.526. The van der Waals surface area contributed by atoms with Crippen LogP contribution in [0.25, 0.3) is 0 Å². The zero-order valence-corrected chi connectivity index (χ0v) is 21.9. The normalized spacial score (nSPS) is 20.6. The number of fused-ring (bicyclic) bond motifs is 1. The van der Waals surface area contributed by atoms with E-state index >= 15 is 0 Å². The molecule has 5 heteroatoms. The molecule has 0 radical (unpaired) electrons. The molecule has 1 aliphatic carbocycles. The lowest BCUT2D eigenvalue weighted by atomic mass is 9.85. The summed E-state index contributed by atoms with van der Waals surface area (Å²) in [5, 5.41) is 13.9. The molecule has 1 saturated carbocycles. The van der Waals surface area contributed by atoms with Crippen molar-refractivity contribution in [3.8, 4) is 5.75 Å². The highest BCUT2D eigenvalue weighted by molar-refractivity contribution is 5.70. The number of nitrogens with one attached hydrogen (secondary N) is 1. The molecular weight excluding hydrogens is 412 g/mol. The SMILES string of the molecule is CC(C)CCC(CCNC1(C2c3ccc(O)cc3CCN2C(=O)OC(C)(C)C)CC1)C(C)C. The molecule has 2 atom stereocenters. The molecular formula is C28H46N2O3. The lowest BCUT2D eigenvalue weighted by Crippen LogP contribution is -2.52. The number of benzene rings is 1. The van der Waals surface area contributed by atoms with E-state index in [9.17, 15) is 9.90 Å². The van der Waals surface area contributed by atoms with Gasteiger partial charge in [-0.15, -0.1) is 0 Å². The van der Waals surface area contributed by atoms with Crippen LogP contribution in [0.5, 0.6) is 5.75 Å². The number of aromatic hydroxyl groups is 1. The molecule has 1 aliphatic heterocycles. The summed E-state index contributed by atoms with van der Waals surface area (Å²) < 4.78 is 5.81. The van der Waals surface area contributed by atoms with Gasteiger partial charge in [0.05, 0.1) is 6.04 Å². The highest BCUT2D eigenvalue weighted by Crippen LogP contribution is 2.52. The van der Waals surface area contributed by atoms with Crippen LogP contribution >= 0.6 is 0 Å². The van der Waals surface area contributed by atoms with E-state index in [1.165, 1.54) is 12.8 Å². The first-order chi connectivity index (χ1) is 15.4. The molecule has 1 amide bonds. The molecule has 0 saturated heterocycles. The van der Waals surface area contributed by atoms with E-state index in [0.29, 0.717) is 24.1 Å². The number of carbonyl (C=O) groups is 1. The average molecular weight is 459 g/mol. The lowest BCUT2D eigenvalue weighted by Gasteiger charge is -2.43. The van der Waals surface area contributed by atoms with Crippen LogP contribution in [0.15, 0.2) is 18.2 Å². The molecule has 1 aromatic carbocycles. The molecule has 1 fully saturated rings. The zero-order valence-electron chi connectivity index (χ0n) is 21.9. The number of amides is 1. The van der Waals surface area contributed by atoms with Gasteiger partial charge in [-0.2, -0.15) is 0 Å². The lowest BCUT2D eigenvalue weighted by molar-refractivity contribution is 0.00779. The van der Waals surface area contributed by atoms with Gasteiger partial charge < -0.3 is 15.2 Å². The molecule has 33 heavy (non-hydrogen) atoms. The first-order valence-electron chi connectivity index (χ1n) is 13.0. The Labute approximate surface area is 201 Å². The van der Waals surface area contributed by atoms with Crippen LogP contribution in [0.3, 0.4) is 0 Å². The smallest absolute Gasteiger partial charge is 0.410 e. The molecule has 5 nitrogen and oxygen atoms in total. The van der Waals surface area contributed by atoms with E-state index in [0.717, 1.165) is 49.3 Å². The number of phenolic OH excluding ortho intramolecular Hbond substituents is 1. The van der Waals surface area contributed by atoms with Crippen molar-refractivity contribution in [2.24, 2.45) is 17.8 Å². The summed E-state index contributed by atoms with van der Waals surface area (Å²) in [7, 11) is 0. The summed E-state index contributed by atoms with van der Waals surface area (Å²) in [5.41, 5.74) is 1.66. The Morgan fingerprint density at radius 1 is 1.18 bits per heavy atom. The van der Waals surface area contributed by atoms with Gasteiger partial charge in [-0.25, -0.2) is 4.79 Å². The number of hydrogen-bond acceptors (Lipinski definition) is 4. The van der Waals surface area contributed by atoms with Crippen molar-refractivity contribution in [3.63, 3.8) is 0 Å². The van der Waals surface area contributed by atoms with Crippen molar-refractivity contribution >= 4 is 6.09 Å². The second kappa shape index (κ2) is 10.2. The van der Waals surface area contributed by atoms with Crippen LogP contribution in [0, 0.1) is 17.8 Å². The third-order valence-corrected chi connectivity index (χ3v) is 7.34. The summed E-state index contributed by atoms with van der Waals surface area (Å²) >= 11 is 0. The fourth-order valence-electron chi connectivity index (χ4n) is 5.27. The molecule has 1 aromatic rings. The number of phenols is 1. The molecule has 0 aromatic heterocycles. The largest absolute Gasteiger partial charge is 0.508 e. The molecule has 186 valence electrons. The Balaban J connectivity index is 1.78. The zero-order chi connectivity index (χ0) is 24.4. The summed E-state index contributed by atoms with van der Waals surface area (Å²) in [6, 6.07) is 5.56. The van der Waals surface area contributed by atoms with E-state index in [1.807, 2.05) is 37.8 Å². The highest BCUT2D eigenvalue weighted by Gasteiger charge is 2.55. The Hall–Kier alpha value is -1.75. The maximum atomic E-state index is 13.2. The second-order valence-electron chi connectivity index (χ2n) is 12.1. The van der Waals surface area contributed by atoms with Gasteiger partial charge in [-0.1, -0.05) is 40.2 Å². The third kappa shape index (κ3) is 6.65. The monoisotopic (exact) mass is 458 g/mol. The van der Waals surface area contributed by atoms with Crippen molar-refractivity contribution in [2.75, 3.05) is 13.1 Å².